The minimum absolute atomic E-state index is 0.0207. The van der Waals surface area contributed by atoms with Crippen molar-refractivity contribution in [1.29, 1.82) is 0 Å². The average molecular weight is 502 g/mol. The fourth-order valence-corrected chi connectivity index (χ4v) is 4.78. The van der Waals surface area contributed by atoms with Gasteiger partial charge in [0.05, 0.1) is 23.8 Å². The molecule has 1 N–H and O–H groups in total. The number of carbonyl (C=O) groups excluding carboxylic acids is 1. The summed E-state index contributed by atoms with van der Waals surface area (Å²) in [4.78, 5) is 15.4. The third kappa shape index (κ3) is 4.97. The van der Waals surface area contributed by atoms with E-state index < -0.39 is 46.6 Å². The van der Waals surface area contributed by atoms with E-state index in [1.54, 1.807) is 0 Å². The number of ether oxygens (including phenoxy) is 2. The van der Waals surface area contributed by atoms with Gasteiger partial charge in [-0.05, 0) is 49.6 Å². The Morgan fingerprint density at radius 1 is 1.03 bits per heavy atom. The van der Waals surface area contributed by atoms with E-state index in [4.69, 9.17) is 9.47 Å². The molecule has 0 spiro atoms. The molecule has 2 unspecified atom stereocenters. The third-order valence-corrected chi connectivity index (χ3v) is 6.46. The van der Waals surface area contributed by atoms with Crippen molar-refractivity contribution in [3.05, 3.63) is 58.7 Å². The fraction of sp³-hybridized carbons (Fsp3) is 0.458. The zero-order chi connectivity index (χ0) is 25.6. The van der Waals surface area contributed by atoms with Crippen molar-refractivity contribution in [1.82, 2.24) is 0 Å². The maximum atomic E-state index is 13.5. The minimum Gasteiger partial charge on any atom is -0.380 e. The average Bonchev–Trinajstić information content (AvgIpc) is 2.77. The first kappa shape index (κ1) is 25.3. The molecule has 0 aliphatic carbocycles. The minimum atomic E-state index is -5.03. The highest BCUT2D eigenvalue weighted by Crippen LogP contribution is 2.41. The number of nitrogens with one attached hydrogen (secondary N) is 1. The van der Waals surface area contributed by atoms with E-state index in [9.17, 15) is 31.1 Å². The zero-order valence-corrected chi connectivity index (χ0v) is 19.0. The lowest BCUT2D eigenvalue weighted by molar-refractivity contribution is -0.166. The molecule has 0 bridgehead atoms. The van der Waals surface area contributed by atoms with E-state index in [1.807, 2.05) is 36.9 Å². The van der Waals surface area contributed by atoms with E-state index in [0.29, 0.717) is 25.2 Å². The summed E-state index contributed by atoms with van der Waals surface area (Å²) in [5.74, 6) is -0.759. The highest BCUT2D eigenvalue weighted by molar-refractivity contribution is 5.97. The topological polar surface area (TPSA) is 50.8 Å². The van der Waals surface area contributed by atoms with Gasteiger partial charge in [0.15, 0.2) is 0 Å². The van der Waals surface area contributed by atoms with Crippen LogP contribution in [0.2, 0.25) is 0 Å². The van der Waals surface area contributed by atoms with Crippen LogP contribution in [0.3, 0.4) is 0 Å². The molecule has 4 rings (SSSR count). The molecule has 2 aliphatic rings. The van der Waals surface area contributed by atoms with Gasteiger partial charge in [0.2, 0.25) is 5.91 Å². The monoisotopic (exact) mass is 502 g/mol. The van der Waals surface area contributed by atoms with Crippen LogP contribution in [0.1, 0.15) is 28.7 Å². The molecule has 2 aliphatic heterocycles. The highest BCUT2D eigenvalue weighted by Gasteiger charge is 2.53. The number of hydrogen-bond donors (Lipinski definition) is 1. The van der Waals surface area contributed by atoms with E-state index in [1.165, 1.54) is 0 Å². The Bertz CT molecular complexity index is 1060. The first-order valence-electron chi connectivity index (χ1n) is 10.9. The van der Waals surface area contributed by atoms with Gasteiger partial charge >= 0.3 is 12.4 Å². The molecular weight excluding hydrogens is 478 g/mol. The third-order valence-electron chi connectivity index (χ3n) is 6.46. The molecule has 2 saturated heterocycles. The molecule has 11 heteroatoms. The number of hydrogen-bond acceptors (Lipinski definition) is 4. The summed E-state index contributed by atoms with van der Waals surface area (Å²) < 4.78 is 91.3. The number of alkyl halides is 6. The number of rotatable bonds is 3. The van der Waals surface area contributed by atoms with Crippen molar-refractivity contribution in [2.24, 2.45) is 5.41 Å². The van der Waals surface area contributed by atoms with Crippen molar-refractivity contribution in [3.8, 4) is 0 Å². The molecule has 2 heterocycles. The fourth-order valence-electron chi connectivity index (χ4n) is 4.78. The van der Waals surface area contributed by atoms with Gasteiger partial charge < -0.3 is 19.7 Å². The summed E-state index contributed by atoms with van der Waals surface area (Å²) in [5, 5.41) is 2.30. The van der Waals surface area contributed by atoms with E-state index >= 15 is 0 Å². The second-order valence-corrected chi connectivity index (χ2v) is 8.97. The predicted molar refractivity (Wildman–Crippen MR) is 116 cm³/mol. The van der Waals surface area contributed by atoms with Gasteiger partial charge in [0, 0.05) is 24.5 Å². The van der Waals surface area contributed by atoms with E-state index in [2.05, 4.69) is 5.32 Å². The summed E-state index contributed by atoms with van der Waals surface area (Å²) in [6, 6.07) is 6.71. The highest BCUT2D eigenvalue weighted by atomic mass is 19.4. The Kier molecular flexibility index (Phi) is 6.52. The molecule has 0 aromatic heterocycles. The Balaban J connectivity index is 1.70. The SMILES string of the molecule is Cc1cccc(C)c1N1COC2CCOCC2(C(=O)Nc2cc(C(F)(F)F)cc(C(F)(F)F)c2)C1. The smallest absolute Gasteiger partial charge is 0.380 e. The Morgan fingerprint density at radius 2 is 1.63 bits per heavy atom. The molecule has 0 saturated carbocycles. The van der Waals surface area contributed by atoms with Gasteiger partial charge in [-0.15, -0.1) is 0 Å². The van der Waals surface area contributed by atoms with E-state index in [-0.39, 0.29) is 25.9 Å². The summed E-state index contributed by atoms with van der Waals surface area (Å²) in [5.41, 5.74) is -2.22. The molecule has 190 valence electrons. The molecule has 2 fully saturated rings. The Hall–Kier alpha value is -2.79. The first-order chi connectivity index (χ1) is 16.3. The quantitative estimate of drug-likeness (QED) is 0.560. The molecule has 35 heavy (non-hydrogen) atoms. The molecule has 2 aromatic carbocycles. The van der Waals surface area contributed by atoms with Crippen molar-refractivity contribution < 1.29 is 40.6 Å². The van der Waals surface area contributed by atoms with Crippen LogP contribution in [-0.4, -0.2) is 38.5 Å². The van der Waals surface area contributed by atoms with Crippen LogP contribution in [0.5, 0.6) is 0 Å². The summed E-state index contributed by atoms with van der Waals surface area (Å²) in [7, 11) is 0. The second kappa shape index (κ2) is 9.02. The van der Waals surface area contributed by atoms with Crippen molar-refractivity contribution in [3.63, 3.8) is 0 Å². The number of aryl methyl sites for hydroxylation is 2. The maximum Gasteiger partial charge on any atom is 0.416 e. The molecule has 2 atom stereocenters. The van der Waals surface area contributed by atoms with E-state index in [0.717, 1.165) is 16.8 Å². The number of para-hydroxylation sites is 1. The standard InChI is InChI=1S/C24H24F6N2O3/c1-14-4-3-5-15(2)20(14)32-11-22(12-34-7-6-19(22)35-13-32)21(33)31-18-9-16(23(25,26)27)8-17(10-18)24(28,29)30/h3-5,8-10,19H,6-7,11-13H2,1-2H3,(H,31,33). The summed E-state index contributed by atoms with van der Waals surface area (Å²) in [6.45, 7) is 4.36. The van der Waals surface area contributed by atoms with Gasteiger partial charge in [-0.2, -0.15) is 26.3 Å². The Labute approximate surface area is 198 Å². The molecule has 1 amide bonds. The number of fused-ring (bicyclic) bond motifs is 1. The van der Waals surface area contributed by atoms with Gasteiger partial charge in [-0.1, -0.05) is 18.2 Å². The number of benzene rings is 2. The molecule has 5 nitrogen and oxygen atoms in total. The first-order valence-corrected chi connectivity index (χ1v) is 10.9. The number of nitrogens with zero attached hydrogens (tertiary/aromatic N) is 1. The normalized spacial score (nSPS) is 23.1. The largest absolute Gasteiger partial charge is 0.416 e. The number of anilines is 2. The summed E-state index contributed by atoms with van der Waals surface area (Å²) >= 11 is 0. The number of amides is 1. The van der Waals surface area contributed by atoms with Crippen LogP contribution in [0, 0.1) is 19.3 Å². The predicted octanol–water partition coefficient (Wildman–Crippen LogP) is 5.55. The molecular formula is C24H24F6N2O3. The van der Waals surface area contributed by atoms with Crippen LogP contribution < -0.4 is 10.2 Å². The molecule has 0 radical (unpaired) electrons. The lowest BCUT2D eigenvalue weighted by Crippen LogP contribution is -2.63. The van der Waals surface area contributed by atoms with Gasteiger partial charge in [-0.3, -0.25) is 4.79 Å². The van der Waals surface area contributed by atoms with Crippen molar-refractivity contribution in [2.75, 3.05) is 36.7 Å². The van der Waals surface area contributed by atoms with Crippen LogP contribution in [0.4, 0.5) is 37.7 Å². The van der Waals surface area contributed by atoms with Crippen LogP contribution >= 0.6 is 0 Å². The second-order valence-electron chi connectivity index (χ2n) is 8.97. The van der Waals surface area contributed by atoms with Crippen LogP contribution in [0.15, 0.2) is 36.4 Å². The van der Waals surface area contributed by atoms with Gasteiger partial charge in [0.25, 0.3) is 0 Å². The lowest BCUT2D eigenvalue weighted by atomic mass is 9.77. The van der Waals surface area contributed by atoms with Gasteiger partial charge in [0.1, 0.15) is 12.1 Å². The summed E-state index contributed by atoms with van der Waals surface area (Å²) in [6.07, 6.45) is -10.3. The van der Waals surface area contributed by atoms with Crippen LogP contribution in [-0.2, 0) is 26.6 Å². The zero-order valence-electron chi connectivity index (χ0n) is 19.0. The van der Waals surface area contributed by atoms with Crippen molar-refractivity contribution >= 4 is 17.3 Å². The van der Waals surface area contributed by atoms with Gasteiger partial charge in [-0.25, -0.2) is 0 Å². The number of carbonyl (C=O) groups is 1. The van der Waals surface area contributed by atoms with Crippen LogP contribution in [0.25, 0.3) is 0 Å². The van der Waals surface area contributed by atoms with Crippen molar-refractivity contribution in [2.45, 2.75) is 38.7 Å². The maximum absolute atomic E-state index is 13.5. The number of halogens is 6. The lowest BCUT2D eigenvalue weighted by Gasteiger charge is -2.49. The molecule has 2 aromatic rings. The Morgan fingerprint density at radius 3 is 2.20 bits per heavy atom.